The normalized spacial score (nSPS) is 39.8. The summed E-state index contributed by atoms with van der Waals surface area (Å²) in [5.41, 5.74) is 0. The molecular weight excluding hydrogens is 126 g/mol. The van der Waals surface area contributed by atoms with Crippen LogP contribution in [0.3, 0.4) is 0 Å². The molecule has 56 valence electrons. The monoisotopic (exact) mass is 139 g/mol. The summed E-state index contributed by atoms with van der Waals surface area (Å²) in [6, 6.07) is 0.528. The SMILES string of the molecule is O=C1CC2CCNC(C1)C2. The third-order valence-electron chi connectivity index (χ3n) is 2.59. The van der Waals surface area contributed by atoms with Gasteiger partial charge in [0.05, 0.1) is 0 Å². The summed E-state index contributed by atoms with van der Waals surface area (Å²) in [6.45, 7) is 1.13. The van der Waals surface area contributed by atoms with Crippen molar-refractivity contribution in [2.24, 2.45) is 5.92 Å². The Morgan fingerprint density at radius 1 is 1.40 bits per heavy atom. The van der Waals surface area contributed by atoms with Gasteiger partial charge in [0.2, 0.25) is 0 Å². The Morgan fingerprint density at radius 2 is 2.30 bits per heavy atom. The molecule has 2 atom stereocenters. The number of piperidine rings is 1. The van der Waals surface area contributed by atoms with Crippen LogP contribution in [0.15, 0.2) is 0 Å². The molecule has 1 saturated carbocycles. The molecule has 0 spiro atoms. The molecule has 2 fully saturated rings. The van der Waals surface area contributed by atoms with Crippen LogP contribution in [0.2, 0.25) is 0 Å². The van der Waals surface area contributed by atoms with Gasteiger partial charge in [-0.2, -0.15) is 0 Å². The van der Waals surface area contributed by atoms with Crippen molar-refractivity contribution in [1.82, 2.24) is 5.32 Å². The van der Waals surface area contributed by atoms with Crippen LogP contribution >= 0.6 is 0 Å². The summed E-state index contributed by atoms with van der Waals surface area (Å²) in [7, 11) is 0. The molecule has 2 bridgehead atoms. The first-order chi connectivity index (χ1) is 4.84. The second-order valence-electron chi connectivity index (χ2n) is 3.49. The van der Waals surface area contributed by atoms with Crippen molar-refractivity contribution in [3.05, 3.63) is 0 Å². The lowest BCUT2D eigenvalue weighted by molar-refractivity contribution is -0.122. The Kier molecular flexibility index (Phi) is 1.49. The minimum Gasteiger partial charge on any atom is -0.314 e. The van der Waals surface area contributed by atoms with Gasteiger partial charge in [0.25, 0.3) is 0 Å². The van der Waals surface area contributed by atoms with Crippen LogP contribution < -0.4 is 5.32 Å². The minimum absolute atomic E-state index is 0.466. The number of ketones is 1. The fraction of sp³-hybridized carbons (Fsp3) is 0.875. The second-order valence-corrected chi connectivity index (χ2v) is 3.49. The van der Waals surface area contributed by atoms with E-state index in [1.807, 2.05) is 0 Å². The molecule has 2 heteroatoms. The van der Waals surface area contributed by atoms with Crippen molar-refractivity contribution in [2.45, 2.75) is 31.7 Å². The summed E-state index contributed by atoms with van der Waals surface area (Å²) >= 11 is 0. The molecule has 0 amide bonds. The first-order valence-corrected chi connectivity index (χ1v) is 4.09. The van der Waals surface area contributed by atoms with E-state index >= 15 is 0 Å². The van der Waals surface area contributed by atoms with E-state index in [4.69, 9.17) is 0 Å². The van der Waals surface area contributed by atoms with E-state index in [1.165, 1.54) is 12.8 Å². The maximum absolute atomic E-state index is 11.0. The summed E-state index contributed by atoms with van der Waals surface area (Å²) < 4.78 is 0. The fourth-order valence-electron chi connectivity index (χ4n) is 2.12. The molecule has 1 saturated heterocycles. The number of hydrogen-bond donors (Lipinski definition) is 1. The van der Waals surface area contributed by atoms with Crippen LogP contribution in [-0.2, 0) is 4.79 Å². The minimum atomic E-state index is 0.466. The molecule has 1 aliphatic carbocycles. The summed E-state index contributed by atoms with van der Waals surface area (Å²) in [4.78, 5) is 11.0. The first kappa shape index (κ1) is 6.35. The van der Waals surface area contributed by atoms with Crippen LogP contribution in [0.1, 0.15) is 25.7 Å². The highest BCUT2D eigenvalue weighted by atomic mass is 16.1. The quantitative estimate of drug-likeness (QED) is 0.535. The van der Waals surface area contributed by atoms with E-state index < -0.39 is 0 Å². The second kappa shape index (κ2) is 2.35. The van der Waals surface area contributed by atoms with Gasteiger partial charge in [0.1, 0.15) is 5.78 Å². The van der Waals surface area contributed by atoms with Gasteiger partial charge in [-0.25, -0.2) is 0 Å². The molecule has 2 nitrogen and oxygen atoms in total. The lowest BCUT2D eigenvalue weighted by atomic mass is 9.80. The van der Waals surface area contributed by atoms with Gasteiger partial charge in [-0.3, -0.25) is 4.79 Å². The molecule has 0 aromatic rings. The molecule has 0 aromatic carbocycles. The number of fused-ring (bicyclic) bond motifs is 2. The van der Waals surface area contributed by atoms with Crippen molar-refractivity contribution in [3.63, 3.8) is 0 Å². The molecular formula is C8H13NO. The van der Waals surface area contributed by atoms with Gasteiger partial charge in [-0.1, -0.05) is 0 Å². The maximum Gasteiger partial charge on any atom is 0.134 e. The van der Waals surface area contributed by atoms with Crippen LogP contribution in [0.4, 0.5) is 0 Å². The molecule has 0 aromatic heterocycles. The van der Waals surface area contributed by atoms with E-state index in [2.05, 4.69) is 5.32 Å². The Bertz CT molecular complexity index is 141. The highest BCUT2D eigenvalue weighted by Gasteiger charge is 2.29. The van der Waals surface area contributed by atoms with Crippen LogP contribution in [0, 0.1) is 5.92 Å². The Labute approximate surface area is 61.0 Å². The Morgan fingerprint density at radius 3 is 3.10 bits per heavy atom. The third-order valence-corrected chi connectivity index (χ3v) is 2.59. The van der Waals surface area contributed by atoms with Crippen molar-refractivity contribution in [3.8, 4) is 0 Å². The summed E-state index contributed by atoms with van der Waals surface area (Å²) in [5, 5.41) is 3.36. The van der Waals surface area contributed by atoms with Gasteiger partial charge in [-0.15, -0.1) is 0 Å². The van der Waals surface area contributed by atoms with Crippen molar-refractivity contribution in [2.75, 3.05) is 6.54 Å². The Hall–Kier alpha value is -0.370. The molecule has 0 radical (unpaired) electrons. The molecule has 2 rings (SSSR count). The van der Waals surface area contributed by atoms with Crippen molar-refractivity contribution >= 4 is 5.78 Å². The van der Waals surface area contributed by atoms with E-state index in [-0.39, 0.29) is 0 Å². The molecule has 1 aliphatic heterocycles. The largest absolute Gasteiger partial charge is 0.314 e. The van der Waals surface area contributed by atoms with E-state index in [1.54, 1.807) is 0 Å². The number of hydrogen-bond acceptors (Lipinski definition) is 2. The maximum atomic E-state index is 11.0. The third kappa shape index (κ3) is 1.08. The standard InChI is InChI=1S/C8H13NO/c10-8-4-6-1-2-9-7(3-6)5-8/h6-7,9H,1-5H2. The summed E-state index contributed by atoms with van der Waals surface area (Å²) in [6.07, 6.45) is 4.10. The lowest BCUT2D eigenvalue weighted by Gasteiger charge is -2.34. The van der Waals surface area contributed by atoms with Crippen LogP contribution in [0.25, 0.3) is 0 Å². The van der Waals surface area contributed by atoms with Gasteiger partial charge in [-0.05, 0) is 25.3 Å². The number of carbonyl (C=O) groups excluding carboxylic acids is 1. The molecule has 1 heterocycles. The van der Waals surface area contributed by atoms with Crippen molar-refractivity contribution in [1.29, 1.82) is 0 Å². The van der Waals surface area contributed by atoms with E-state index in [0.29, 0.717) is 17.7 Å². The molecule has 2 unspecified atom stereocenters. The molecule has 1 N–H and O–H groups in total. The average Bonchev–Trinajstić information content (AvgIpc) is 1.85. The fourth-order valence-corrected chi connectivity index (χ4v) is 2.12. The van der Waals surface area contributed by atoms with Gasteiger partial charge in [0, 0.05) is 18.9 Å². The van der Waals surface area contributed by atoms with E-state index in [0.717, 1.165) is 19.4 Å². The lowest BCUT2D eigenvalue weighted by Crippen LogP contribution is -2.43. The number of nitrogens with one attached hydrogen (secondary N) is 1. The highest BCUT2D eigenvalue weighted by molar-refractivity contribution is 5.80. The zero-order chi connectivity index (χ0) is 6.97. The molecule has 2 aliphatic rings. The number of carbonyl (C=O) groups is 1. The zero-order valence-electron chi connectivity index (χ0n) is 6.10. The van der Waals surface area contributed by atoms with Gasteiger partial charge >= 0.3 is 0 Å². The predicted octanol–water partition coefficient (Wildman–Crippen LogP) is 0.718. The number of Topliss-reactive ketones (excluding diaryl/α,β-unsaturated/α-hetero) is 1. The summed E-state index contributed by atoms with van der Waals surface area (Å²) in [5.74, 6) is 1.18. The molecule has 10 heavy (non-hydrogen) atoms. The number of rotatable bonds is 0. The zero-order valence-corrected chi connectivity index (χ0v) is 6.10. The van der Waals surface area contributed by atoms with Gasteiger partial charge < -0.3 is 5.32 Å². The van der Waals surface area contributed by atoms with Crippen LogP contribution in [0.5, 0.6) is 0 Å². The highest BCUT2D eigenvalue weighted by Crippen LogP contribution is 2.27. The Balaban J connectivity index is 2.05. The predicted molar refractivity (Wildman–Crippen MR) is 38.8 cm³/mol. The van der Waals surface area contributed by atoms with Crippen LogP contribution in [-0.4, -0.2) is 18.4 Å². The van der Waals surface area contributed by atoms with Gasteiger partial charge in [0.15, 0.2) is 0 Å². The topological polar surface area (TPSA) is 29.1 Å². The first-order valence-electron chi connectivity index (χ1n) is 4.09. The smallest absolute Gasteiger partial charge is 0.134 e. The van der Waals surface area contributed by atoms with Crippen molar-refractivity contribution < 1.29 is 4.79 Å². The average molecular weight is 139 g/mol. The van der Waals surface area contributed by atoms with E-state index in [9.17, 15) is 4.79 Å².